The molecule has 0 bridgehead atoms. The van der Waals surface area contributed by atoms with Crippen molar-refractivity contribution in [3.8, 4) is 11.5 Å². The first kappa shape index (κ1) is 24.2. The third-order valence-corrected chi connectivity index (χ3v) is 7.50. The summed E-state index contributed by atoms with van der Waals surface area (Å²) in [4.78, 5) is 18.8. The zero-order chi connectivity index (χ0) is 25.4. The van der Waals surface area contributed by atoms with Crippen LogP contribution in [-0.4, -0.2) is 41.8 Å². The number of nitrogens with zero attached hydrogens (tertiary/aromatic N) is 1. The van der Waals surface area contributed by atoms with Crippen LogP contribution >= 0.6 is 23.2 Å². The van der Waals surface area contributed by atoms with Crippen LogP contribution in [0.2, 0.25) is 10.0 Å². The predicted octanol–water partition coefficient (Wildman–Crippen LogP) is 7.18. The van der Waals surface area contributed by atoms with Crippen LogP contribution in [0, 0.1) is 0 Å². The van der Waals surface area contributed by atoms with Gasteiger partial charge in [0.15, 0.2) is 0 Å². The van der Waals surface area contributed by atoms with Crippen molar-refractivity contribution < 1.29 is 19.0 Å². The number of aromatic amines is 1. The number of ether oxygens (including phenoxy) is 3. The Morgan fingerprint density at radius 3 is 2.38 bits per heavy atom. The Balaban J connectivity index is 1.34. The van der Waals surface area contributed by atoms with Crippen molar-refractivity contribution in [2.75, 3.05) is 19.8 Å². The van der Waals surface area contributed by atoms with Crippen molar-refractivity contribution in [2.45, 2.75) is 31.4 Å². The molecule has 190 valence electrons. The van der Waals surface area contributed by atoms with Crippen LogP contribution in [-0.2, 0) is 11.2 Å². The molecule has 2 aliphatic heterocycles. The molecule has 1 N–H and O–H groups in total. The predicted molar refractivity (Wildman–Crippen MR) is 144 cm³/mol. The Bertz CT molecular complexity index is 1410. The number of hydrogen-bond donors (Lipinski definition) is 1. The molecule has 6 rings (SSSR count). The smallest absolute Gasteiger partial charge is 0.416 e. The van der Waals surface area contributed by atoms with Gasteiger partial charge in [-0.25, -0.2) is 4.79 Å². The molecular formula is C29H26Cl2N2O4. The van der Waals surface area contributed by atoms with Gasteiger partial charge in [-0.1, -0.05) is 35.3 Å². The maximum Gasteiger partial charge on any atom is 0.416 e. The number of aromatic nitrogens is 1. The summed E-state index contributed by atoms with van der Waals surface area (Å²) in [5.41, 5.74) is 4.09. The lowest BCUT2D eigenvalue weighted by molar-refractivity contribution is 0.0255. The van der Waals surface area contributed by atoms with Crippen molar-refractivity contribution in [2.24, 2.45) is 0 Å². The van der Waals surface area contributed by atoms with Crippen LogP contribution in [0.3, 0.4) is 0 Å². The van der Waals surface area contributed by atoms with Crippen LogP contribution in [0.25, 0.3) is 10.9 Å². The van der Waals surface area contributed by atoms with Gasteiger partial charge < -0.3 is 19.2 Å². The number of fused-ring (bicyclic) bond motifs is 3. The van der Waals surface area contributed by atoms with E-state index < -0.39 is 6.09 Å². The molecule has 1 aromatic heterocycles. The van der Waals surface area contributed by atoms with E-state index in [2.05, 4.69) is 4.98 Å². The first-order chi connectivity index (χ1) is 18.0. The maximum atomic E-state index is 13.4. The van der Waals surface area contributed by atoms with E-state index >= 15 is 0 Å². The van der Waals surface area contributed by atoms with Crippen molar-refractivity contribution in [1.29, 1.82) is 0 Å². The average Bonchev–Trinajstić information content (AvgIpc) is 3.28. The summed E-state index contributed by atoms with van der Waals surface area (Å²) in [6.07, 6.45) is 2.19. The summed E-state index contributed by atoms with van der Waals surface area (Å²) < 4.78 is 17.4. The van der Waals surface area contributed by atoms with Gasteiger partial charge in [0.2, 0.25) is 0 Å². The Morgan fingerprint density at radius 1 is 0.919 bits per heavy atom. The topological polar surface area (TPSA) is 63.8 Å². The fraction of sp³-hybridized carbons (Fsp3) is 0.276. The number of benzene rings is 3. The molecule has 37 heavy (non-hydrogen) atoms. The van der Waals surface area contributed by atoms with E-state index in [1.807, 2.05) is 42.5 Å². The second kappa shape index (κ2) is 10.3. The van der Waals surface area contributed by atoms with Gasteiger partial charge in [-0.05, 0) is 72.1 Å². The molecule has 3 aromatic carbocycles. The first-order valence-electron chi connectivity index (χ1n) is 12.4. The Labute approximate surface area is 225 Å². The summed E-state index contributed by atoms with van der Waals surface area (Å²) in [6, 6.07) is 20.3. The molecule has 4 aromatic rings. The van der Waals surface area contributed by atoms with Gasteiger partial charge in [0.1, 0.15) is 23.6 Å². The number of amides is 1. The highest BCUT2D eigenvalue weighted by atomic mass is 35.5. The lowest BCUT2D eigenvalue weighted by Crippen LogP contribution is -2.42. The molecule has 2 aliphatic rings. The van der Waals surface area contributed by atoms with E-state index in [4.69, 9.17) is 37.4 Å². The summed E-state index contributed by atoms with van der Waals surface area (Å²) >= 11 is 12.3. The Morgan fingerprint density at radius 2 is 1.62 bits per heavy atom. The van der Waals surface area contributed by atoms with Gasteiger partial charge in [-0.3, -0.25) is 4.90 Å². The molecule has 1 saturated heterocycles. The van der Waals surface area contributed by atoms with Gasteiger partial charge >= 0.3 is 6.09 Å². The zero-order valence-corrected chi connectivity index (χ0v) is 21.6. The fourth-order valence-electron chi connectivity index (χ4n) is 5.18. The van der Waals surface area contributed by atoms with E-state index in [0.717, 1.165) is 54.0 Å². The Kier molecular flexibility index (Phi) is 6.72. The lowest BCUT2D eigenvalue weighted by Gasteiger charge is -2.35. The van der Waals surface area contributed by atoms with Gasteiger partial charge in [-0.15, -0.1) is 0 Å². The molecular weight excluding hydrogens is 511 g/mol. The third kappa shape index (κ3) is 5.01. The Hall–Kier alpha value is -3.19. The summed E-state index contributed by atoms with van der Waals surface area (Å²) in [6.45, 7) is 1.95. The summed E-state index contributed by atoms with van der Waals surface area (Å²) in [7, 11) is 0. The van der Waals surface area contributed by atoms with Crippen molar-refractivity contribution in [3.63, 3.8) is 0 Å². The summed E-state index contributed by atoms with van der Waals surface area (Å²) in [5, 5.41) is 2.35. The highest BCUT2D eigenvalue weighted by Crippen LogP contribution is 2.40. The number of carbonyl (C=O) groups excluding carboxylic acids is 1. The van der Waals surface area contributed by atoms with Gasteiger partial charge in [0.05, 0.1) is 13.2 Å². The largest absolute Gasteiger partial charge is 0.490 e. The van der Waals surface area contributed by atoms with Crippen LogP contribution in [0.15, 0.2) is 66.7 Å². The summed E-state index contributed by atoms with van der Waals surface area (Å²) in [5.74, 6) is 1.26. The molecule has 0 saturated carbocycles. The second-order valence-corrected chi connectivity index (χ2v) is 10.2. The fourth-order valence-corrected chi connectivity index (χ4v) is 5.48. The maximum absolute atomic E-state index is 13.4. The highest BCUT2D eigenvalue weighted by Gasteiger charge is 2.36. The number of carbonyl (C=O) groups is 1. The van der Waals surface area contributed by atoms with Crippen LogP contribution in [0.5, 0.6) is 11.5 Å². The van der Waals surface area contributed by atoms with Crippen LogP contribution in [0.4, 0.5) is 4.79 Å². The monoisotopic (exact) mass is 536 g/mol. The van der Waals surface area contributed by atoms with Gasteiger partial charge in [0, 0.05) is 46.0 Å². The zero-order valence-electron chi connectivity index (χ0n) is 20.1. The molecule has 1 unspecified atom stereocenters. The van der Waals surface area contributed by atoms with Gasteiger partial charge in [-0.2, -0.15) is 0 Å². The van der Waals surface area contributed by atoms with Crippen LogP contribution < -0.4 is 9.47 Å². The van der Waals surface area contributed by atoms with E-state index in [-0.39, 0.29) is 12.1 Å². The van der Waals surface area contributed by atoms with Crippen molar-refractivity contribution in [1.82, 2.24) is 9.88 Å². The second-order valence-electron chi connectivity index (χ2n) is 9.37. The minimum absolute atomic E-state index is 0.158. The molecule has 1 atom stereocenters. The quantitative estimate of drug-likeness (QED) is 0.300. The molecule has 1 fully saturated rings. The van der Waals surface area contributed by atoms with E-state index in [0.29, 0.717) is 28.8 Å². The minimum Gasteiger partial charge on any atom is -0.490 e. The molecule has 3 heterocycles. The average molecular weight is 537 g/mol. The number of nitrogens with one attached hydrogen (secondary N) is 1. The number of H-pyrrole nitrogens is 1. The van der Waals surface area contributed by atoms with E-state index in [9.17, 15) is 4.79 Å². The third-order valence-electron chi connectivity index (χ3n) is 7.01. The highest BCUT2D eigenvalue weighted by molar-refractivity contribution is 6.31. The number of halogens is 2. The van der Waals surface area contributed by atoms with E-state index in [1.54, 1.807) is 29.2 Å². The standard InChI is InChI=1S/C29H26Cl2N2O4/c30-19-3-8-22(9-4-19)37-29(34)33-14-11-24-25-17-20(31)5-10-26(25)32-27(24)28(33)18-1-6-21(7-2-18)36-23-12-15-35-16-13-23/h1-10,17,23,28,32H,11-16H2. The molecule has 6 nitrogen and oxygen atoms in total. The molecule has 0 radical (unpaired) electrons. The SMILES string of the molecule is O=C(Oc1ccc(Cl)cc1)N1CCc2c([nH]c3ccc(Cl)cc23)C1c1ccc(OC2CCOCC2)cc1. The normalized spacial score (nSPS) is 18.0. The molecule has 0 aliphatic carbocycles. The lowest BCUT2D eigenvalue weighted by atomic mass is 9.92. The number of rotatable bonds is 4. The van der Waals surface area contributed by atoms with Crippen molar-refractivity contribution >= 4 is 40.2 Å². The minimum atomic E-state index is -0.419. The first-order valence-corrected chi connectivity index (χ1v) is 13.2. The number of hydrogen-bond acceptors (Lipinski definition) is 4. The molecule has 8 heteroatoms. The molecule has 1 amide bonds. The molecule has 0 spiro atoms. The van der Waals surface area contributed by atoms with Crippen LogP contribution in [0.1, 0.15) is 35.7 Å². The van der Waals surface area contributed by atoms with E-state index in [1.165, 1.54) is 5.56 Å². The van der Waals surface area contributed by atoms with Crippen molar-refractivity contribution in [3.05, 3.63) is 93.6 Å². The van der Waals surface area contributed by atoms with Gasteiger partial charge in [0.25, 0.3) is 0 Å².